The highest BCUT2D eigenvalue weighted by atomic mass is 32.2. The number of hydrogen-bond donors (Lipinski definition) is 2. The molecule has 20 heavy (non-hydrogen) atoms. The van der Waals surface area contributed by atoms with Crippen molar-refractivity contribution in [2.45, 2.75) is 31.2 Å². The zero-order valence-corrected chi connectivity index (χ0v) is 12.4. The Labute approximate surface area is 121 Å². The lowest BCUT2D eigenvalue weighted by Crippen LogP contribution is -2.24. The van der Waals surface area contributed by atoms with E-state index in [-0.39, 0.29) is 11.2 Å². The smallest absolute Gasteiger partial charge is 0.237 e. The van der Waals surface area contributed by atoms with Crippen molar-refractivity contribution in [2.75, 3.05) is 11.2 Å². The summed E-state index contributed by atoms with van der Waals surface area (Å²) in [4.78, 5) is 12.2. The summed E-state index contributed by atoms with van der Waals surface area (Å²) in [7, 11) is 0. The van der Waals surface area contributed by atoms with Crippen molar-refractivity contribution in [2.24, 2.45) is 0 Å². The average Bonchev–Trinajstić information content (AvgIpc) is 2.79. The van der Waals surface area contributed by atoms with Gasteiger partial charge >= 0.3 is 0 Å². The average molecular weight is 291 g/mol. The Morgan fingerprint density at radius 3 is 2.85 bits per heavy atom. The topological polar surface area (TPSA) is 85.8 Å². The number of carbonyl (C=O) groups excluding carboxylic acids is 1. The van der Waals surface area contributed by atoms with Crippen LogP contribution in [-0.2, 0) is 4.79 Å². The number of hydrogen-bond acceptors (Lipinski definition) is 5. The number of nitrogens with two attached hydrogens (primary N) is 1. The number of nitrogen functional groups attached to an aromatic ring is 1. The van der Waals surface area contributed by atoms with Crippen LogP contribution in [0.1, 0.15) is 18.1 Å². The molecule has 3 N–H and O–H groups in total. The van der Waals surface area contributed by atoms with E-state index in [4.69, 9.17) is 5.84 Å². The van der Waals surface area contributed by atoms with Gasteiger partial charge in [0.15, 0.2) is 0 Å². The van der Waals surface area contributed by atoms with Gasteiger partial charge in [-0.25, -0.2) is 4.68 Å². The molecule has 1 aromatic heterocycles. The third-order valence-electron chi connectivity index (χ3n) is 2.84. The highest BCUT2D eigenvalue weighted by Crippen LogP contribution is 2.22. The molecule has 0 unspecified atom stereocenters. The minimum absolute atomic E-state index is 0.0910. The lowest BCUT2D eigenvalue weighted by atomic mass is 10.1. The number of thioether (sulfide) groups is 1. The maximum atomic E-state index is 12.2. The first kappa shape index (κ1) is 14.4. The zero-order chi connectivity index (χ0) is 14.7. The summed E-state index contributed by atoms with van der Waals surface area (Å²) in [5.41, 5.74) is 2.97. The summed E-state index contributed by atoms with van der Waals surface area (Å²) < 4.78 is 1.30. The van der Waals surface area contributed by atoms with Crippen LogP contribution in [0.25, 0.3) is 0 Å². The second-order valence-electron chi connectivity index (χ2n) is 4.59. The van der Waals surface area contributed by atoms with Crippen molar-refractivity contribution in [3.05, 3.63) is 35.7 Å². The summed E-state index contributed by atoms with van der Waals surface area (Å²) in [5, 5.41) is 10.6. The minimum Gasteiger partial charge on any atom is -0.336 e. The zero-order valence-electron chi connectivity index (χ0n) is 11.6. The molecule has 6 nitrogen and oxygen atoms in total. The van der Waals surface area contributed by atoms with Crippen molar-refractivity contribution in [1.82, 2.24) is 14.9 Å². The molecule has 0 saturated carbocycles. The Hall–Kier alpha value is -2.02. The Kier molecular flexibility index (Phi) is 4.29. The van der Waals surface area contributed by atoms with E-state index in [1.807, 2.05) is 32.0 Å². The van der Waals surface area contributed by atoms with Crippen LogP contribution in [0.2, 0.25) is 0 Å². The van der Waals surface area contributed by atoms with Gasteiger partial charge in [0, 0.05) is 5.69 Å². The minimum atomic E-state index is -0.318. The molecule has 7 heteroatoms. The van der Waals surface area contributed by atoms with Crippen LogP contribution in [0.4, 0.5) is 5.69 Å². The molecule has 2 rings (SSSR count). The number of carbonyl (C=O) groups is 1. The SMILES string of the molecule is Cc1ccc(C)c(NC(=O)[C@@H](C)Sc2nncn2N)c1. The summed E-state index contributed by atoms with van der Waals surface area (Å²) in [5.74, 6) is 5.53. The standard InChI is InChI=1S/C13H17N5OS/c1-8-4-5-9(2)11(6-8)16-12(19)10(3)20-13-17-15-7-18(13)14/h4-7,10H,14H2,1-3H3,(H,16,19)/t10-/m1/s1. The lowest BCUT2D eigenvalue weighted by molar-refractivity contribution is -0.115. The van der Waals surface area contributed by atoms with Gasteiger partial charge in [-0.15, -0.1) is 10.2 Å². The summed E-state index contributed by atoms with van der Waals surface area (Å²) in [6.45, 7) is 5.76. The fourth-order valence-corrected chi connectivity index (χ4v) is 2.38. The predicted octanol–water partition coefficient (Wildman–Crippen LogP) is 1.73. The first-order valence-electron chi connectivity index (χ1n) is 6.17. The number of rotatable bonds is 4. The number of benzene rings is 1. The molecule has 106 valence electrons. The molecule has 1 aromatic carbocycles. The number of aryl methyl sites for hydroxylation is 2. The number of aromatic nitrogens is 3. The van der Waals surface area contributed by atoms with Gasteiger partial charge in [-0.1, -0.05) is 23.9 Å². The Bertz CT molecular complexity index is 625. The van der Waals surface area contributed by atoms with Crippen molar-refractivity contribution in [3.63, 3.8) is 0 Å². The fourth-order valence-electron chi connectivity index (χ4n) is 1.63. The van der Waals surface area contributed by atoms with Gasteiger partial charge in [-0.3, -0.25) is 4.79 Å². The second kappa shape index (κ2) is 5.96. The first-order valence-corrected chi connectivity index (χ1v) is 7.05. The van der Waals surface area contributed by atoms with Crippen molar-refractivity contribution in [1.29, 1.82) is 0 Å². The Morgan fingerprint density at radius 2 is 2.20 bits per heavy atom. The molecule has 0 bridgehead atoms. The van der Waals surface area contributed by atoms with Crippen LogP contribution >= 0.6 is 11.8 Å². The summed E-state index contributed by atoms with van der Waals surface area (Å²) in [6.07, 6.45) is 1.40. The quantitative estimate of drug-likeness (QED) is 0.662. The van der Waals surface area contributed by atoms with E-state index in [1.165, 1.54) is 22.8 Å². The number of anilines is 1. The van der Waals surface area contributed by atoms with E-state index >= 15 is 0 Å². The molecule has 1 atom stereocenters. The number of amides is 1. The van der Waals surface area contributed by atoms with Gasteiger partial charge in [-0.05, 0) is 38.0 Å². The van der Waals surface area contributed by atoms with E-state index in [0.29, 0.717) is 5.16 Å². The van der Waals surface area contributed by atoms with Gasteiger partial charge in [-0.2, -0.15) is 0 Å². The van der Waals surface area contributed by atoms with Crippen LogP contribution in [0.5, 0.6) is 0 Å². The third-order valence-corrected chi connectivity index (χ3v) is 3.91. The van der Waals surface area contributed by atoms with Crippen LogP contribution in [0.15, 0.2) is 29.7 Å². The van der Waals surface area contributed by atoms with Gasteiger partial charge in [0.2, 0.25) is 11.1 Å². The van der Waals surface area contributed by atoms with Crippen LogP contribution in [0.3, 0.4) is 0 Å². The van der Waals surface area contributed by atoms with E-state index in [0.717, 1.165) is 16.8 Å². The van der Waals surface area contributed by atoms with E-state index in [9.17, 15) is 4.79 Å². The first-order chi connectivity index (χ1) is 9.47. The molecule has 0 aliphatic rings. The Balaban J connectivity index is 2.04. The molecule has 0 radical (unpaired) electrons. The monoisotopic (exact) mass is 291 g/mol. The van der Waals surface area contributed by atoms with Crippen LogP contribution in [-0.4, -0.2) is 26.0 Å². The van der Waals surface area contributed by atoms with Gasteiger partial charge < -0.3 is 11.2 Å². The van der Waals surface area contributed by atoms with E-state index in [2.05, 4.69) is 15.5 Å². The molecule has 0 fully saturated rings. The Morgan fingerprint density at radius 1 is 1.45 bits per heavy atom. The number of nitrogens with one attached hydrogen (secondary N) is 1. The maximum Gasteiger partial charge on any atom is 0.237 e. The van der Waals surface area contributed by atoms with Crippen LogP contribution in [0, 0.1) is 13.8 Å². The molecule has 0 saturated heterocycles. The largest absolute Gasteiger partial charge is 0.336 e. The third kappa shape index (κ3) is 3.30. The molecular weight excluding hydrogens is 274 g/mol. The van der Waals surface area contributed by atoms with E-state index < -0.39 is 0 Å². The molecule has 1 amide bonds. The van der Waals surface area contributed by atoms with Gasteiger partial charge in [0.25, 0.3) is 0 Å². The normalized spacial score (nSPS) is 12.2. The van der Waals surface area contributed by atoms with Gasteiger partial charge in [0.1, 0.15) is 6.33 Å². The lowest BCUT2D eigenvalue weighted by Gasteiger charge is -2.13. The van der Waals surface area contributed by atoms with Crippen molar-refractivity contribution < 1.29 is 4.79 Å². The maximum absolute atomic E-state index is 12.2. The molecule has 1 heterocycles. The summed E-state index contributed by atoms with van der Waals surface area (Å²) in [6, 6.07) is 5.95. The highest BCUT2D eigenvalue weighted by Gasteiger charge is 2.18. The summed E-state index contributed by atoms with van der Waals surface area (Å²) >= 11 is 1.27. The molecule has 0 spiro atoms. The van der Waals surface area contributed by atoms with Crippen LogP contribution < -0.4 is 11.2 Å². The highest BCUT2D eigenvalue weighted by molar-refractivity contribution is 8.00. The number of nitrogens with zero attached hydrogens (tertiary/aromatic N) is 3. The fraction of sp³-hybridized carbons (Fsp3) is 0.308. The molecule has 0 aliphatic carbocycles. The van der Waals surface area contributed by atoms with Crippen molar-refractivity contribution in [3.8, 4) is 0 Å². The van der Waals surface area contributed by atoms with Crippen molar-refractivity contribution >= 4 is 23.4 Å². The van der Waals surface area contributed by atoms with Gasteiger partial charge in [0.05, 0.1) is 5.25 Å². The molecular formula is C13H17N5OS. The molecule has 0 aliphatic heterocycles. The second-order valence-corrected chi connectivity index (χ2v) is 5.90. The molecule has 2 aromatic rings. The van der Waals surface area contributed by atoms with E-state index in [1.54, 1.807) is 6.92 Å². The predicted molar refractivity (Wildman–Crippen MR) is 80.0 cm³/mol.